The molecule has 0 aromatic heterocycles. The van der Waals surface area contributed by atoms with Crippen molar-refractivity contribution in [2.24, 2.45) is 0 Å². The van der Waals surface area contributed by atoms with Gasteiger partial charge in [0.2, 0.25) is 0 Å². The van der Waals surface area contributed by atoms with Crippen molar-refractivity contribution in [1.29, 1.82) is 0 Å². The first-order valence-corrected chi connectivity index (χ1v) is 5.23. The zero-order valence-electron chi connectivity index (χ0n) is 7.52. The molecule has 0 radical (unpaired) electrons. The van der Waals surface area contributed by atoms with E-state index in [1.165, 1.54) is 0 Å². The highest BCUT2D eigenvalue weighted by atomic mass is 79.9. The minimum absolute atomic E-state index is 0.240. The van der Waals surface area contributed by atoms with E-state index in [0.29, 0.717) is 13.2 Å². The maximum atomic E-state index is 9.45. The smallest absolute Gasteiger partial charge is 0.150 e. The maximum Gasteiger partial charge on any atom is 0.150 e. The van der Waals surface area contributed by atoms with Crippen LogP contribution in [0.5, 0.6) is 5.75 Å². The van der Waals surface area contributed by atoms with Crippen molar-refractivity contribution >= 4 is 15.9 Å². The lowest BCUT2D eigenvalue weighted by molar-refractivity contribution is 0.0733. The van der Waals surface area contributed by atoms with Crippen LogP contribution in [0.1, 0.15) is 0 Å². The molecule has 1 aromatic carbocycles. The number of hydrogen-bond acceptors (Lipinski definition) is 3. The van der Waals surface area contributed by atoms with Crippen molar-refractivity contribution < 1.29 is 14.6 Å². The zero-order valence-corrected chi connectivity index (χ0v) is 9.11. The molecule has 14 heavy (non-hydrogen) atoms. The van der Waals surface area contributed by atoms with E-state index in [1.807, 2.05) is 24.3 Å². The monoisotopic (exact) mass is 258 g/mol. The molecule has 0 aliphatic carbocycles. The maximum absolute atomic E-state index is 9.45. The highest BCUT2D eigenvalue weighted by molar-refractivity contribution is 9.10. The first-order valence-electron chi connectivity index (χ1n) is 4.44. The predicted molar refractivity (Wildman–Crippen MR) is 55.4 cm³/mol. The topological polar surface area (TPSA) is 38.7 Å². The molecule has 3 nitrogen and oxygen atoms in total. The Morgan fingerprint density at radius 1 is 1.29 bits per heavy atom. The molecule has 0 amide bonds. The van der Waals surface area contributed by atoms with E-state index in [0.717, 1.165) is 10.2 Å². The van der Waals surface area contributed by atoms with Crippen LogP contribution in [0.25, 0.3) is 0 Å². The molecule has 0 bridgehead atoms. The van der Waals surface area contributed by atoms with Crippen LogP contribution in [-0.4, -0.2) is 30.5 Å². The summed E-state index contributed by atoms with van der Waals surface area (Å²) in [6, 6.07) is 7.51. The molecule has 0 spiro atoms. The van der Waals surface area contributed by atoms with E-state index in [2.05, 4.69) is 15.9 Å². The Morgan fingerprint density at radius 3 is 2.57 bits per heavy atom. The molecule has 2 rings (SSSR count). The fraction of sp³-hybridized carbons (Fsp3) is 0.400. The molecule has 2 atom stereocenters. The Hall–Kier alpha value is -0.580. The zero-order chi connectivity index (χ0) is 9.97. The second-order valence-corrected chi connectivity index (χ2v) is 4.13. The lowest BCUT2D eigenvalue weighted by Gasteiger charge is -2.14. The molecule has 1 fully saturated rings. The van der Waals surface area contributed by atoms with Gasteiger partial charge in [0.25, 0.3) is 0 Å². The number of hydrogen-bond donors (Lipinski definition) is 1. The van der Waals surface area contributed by atoms with Crippen LogP contribution < -0.4 is 4.74 Å². The Bertz CT molecular complexity index is 299. The van der Waals surface area contributed by atoms with E-state index >= 15 is 0 Å². The van der Waals surface area contributed by atoms with Gasteiger partial charge in [0.1, 0.15) is 18.0 Å². The fourth-order valence-corrected chi connectivity index (χ4v) is 1.59. The summed E-state index contributed by atoms with van der Waals surface area (Å²) >= 11 is 3.34. The van der Waals surface area contributed by atoms with Gasteiger partial charge in [0, 0.05) is 4.47 Å². The van der Waals surface area contributed by atoms with Gasteiger partial charge < -0.3 is 14.6 Å². The van der Waals surface area contributed by atoms with E-state index in [9.17, 15) is 5.11 Å². The SMILES string of the molecule is O[C@H]1COC[C@@H]1Oc1ccc(Br)cc1. The molecule has 0 unspecified atom stereocenters. The van der Waals surface area contributed by atoms with E-state index in [1.54, 1.807) is 0 Å². The predicted octanol–water partition coefficient (Wildman–Crippen LogP) is 1.59. The average molecular weight is 259 g/mol. The minimum atomic E-state index is -0.515. The molecule has 1 aliphatic rings. The summed E-state index contributed by atoms with van der Waals surface area (Å²) in [7, 11) is 0. The molecule has 1 N–H and O–H groups in total. The van der Waals surface area contributed by atoms with Crippen molar-refractivity contribution in [3.8, 4) is 5.75 Å². The van der Waals surface area contributed by atoms with E-state index in [4.69, 9.17) is 9.47 Å². The number of rotatable bonds is 2. The highest BCUT2D eigenvalue weighted by Crippen LogP contribution is 2.19. The fourth-order valence-electron chi connectivity index (χ4n) is 1.32. The first kappa shape index (κ1) is 9.96. The summed E-state index contributed by atoms with van der Waals surface area (Å²) < 4.78 is 11.6. The molecule has 1 aromatic rings. The minimum Gasteiger partial charge on any atom is -0.485 e. The molecule has 0 saturated carbocycles. The Labute approximate surface area is 90.8 Å². The van der Waals surface area contributed by atoms with Crippen molar-refractivity contribution in [2.45, 2.75) is 12.2 Å². The van der Waals surface area contributed by atoms with Crippen LogP contribution in [0.3, 0.4) is 0 Å². The van der Waals surface area contributed by atoms with Crippen LogP contribution in [-0.2, 0) is 4.74 Å². The first-order chi connectivity index (χ1) is 6.75. The summed E-state index contributed by atoms with van der Waals surface area (Å²) in [6.45, 7) is 0.818. The Balaban J connectivity index is 2.00. The Morgan fingerprint density at radius 2 is 2.00 bits per heavy atom. The van der Waals surface area contributed by atoms with Crippen molar-refractivity contribution in [1.82, 2.24) is 0 Å². The van der Waals surface area contributed by atoms with Crippen LogP contribution in [0.2, 0.25) is 0 Å². The quantitative estimate of drug-likeness (QED) is 0.876. The molecule has 1 saturated heterocycles. The lowest BCUT2D eigenvalue weighted by Crippen LogP contribution is -2.29. The van der Waals surface area contributed by atoms with E-state index < -0.39 is 6.10 Å². The normalized spacial score (nSPS) is 26.4. The molecule has 1 aliphatic heterocycles. The molecule has 76 valence electrons. The van der Waals surface area contributed by atoms with Crippen molar-refractivity contribution in [3.63, 3.8) is 0 Å². The van der Waals surface area contributed by atoms with Gasteiger partial charge in [-0.25, -0.2) is 0 Å². The number of benzene rings is 1. The number of aliphatic hydroxyl groups is 1. The van der Waals surface area contributed by atoms with Gasteiger partial charge in [-0.15, -0.1) is 0 Å². The summed E-state index contributed by atoms with van der Waals surface area (Å²) in [5.41, 5.74) is 0. The van der Waals surface area contributed by atoms with E-state index in [-0.39, 0.29) is 6.10 Å². The van der Waals surface area contributed by atoms with Gasteiger partial charge in [-0.2, -0.15) is 0 Å². The van der Waals surface area contributed by atoms with Gasteiger partial charge in [-0.1, -0.05) is 15.9 Å². The average Bonchev–Trinajstić information content (AvgIpc) is 2.56. The second kappa shape index (κ2) is 4.29. The molecule has 1 heterocycles. The lowest BCUT2D eigenvalue weighted by atomic mass is 10.2. The van der Waals surface area contributed by atoms with Gasteiger partial charge in [-0.05, 0) is 24.3 Å². The number of halogens is 1. The largest absolute Gasteiger partial charge is 0.485 e. The summed E-state index contributed by atoms with van der Waals surface area (Å²) in [5.74, 6) is 0.753. The van der Waals surface area contributed by atoms with Crippen molar-refractivity contribution in [2.75, 3.05) is 13.2 Å². The Kier molecular flexibility index (Phi) is 3.05. The van der Waals surface area contributed by atoms with Crippen LogP contribution >= 0.6 is 15.9 Å². The highest BCUT2D eigenvalue weighted by Gasteiger charge is 2.27. The standard InChI is InChI=1S/C10H11BrO3/c11-7-1-3-8(4-2-7)14-10-6-13-5-9(10)12/h1-4,9-10,12H,5-6H2/t9-,10-/m0/s1. The van der Waals surface area contributed by atoms with Gasteiger partial charge >= 0.3 is 0 Å². The molecular formula is C10H11BrO3. The summed E-state index contributed by atoms with van der Waals surface area (Å²) in [6.07, 6.45) is -0.755. The molecular weight excluding hydrogens is 248 g/mol. The number of aliphatic hydroxyl groups excluding tert-OH is 1. The number of ether oxygens (including phenoxy) is 2. The van der Waals surface area contributed by atoms with Crippen LogP contribution in [0.15, 0.2) is 28.7 Å². The van der Waals surface area contributed by atoms with Crippen LogP contribution in [0.4, 0.5) is 0 Å². The third-order valence-corrected chi connectivity index (χ3v) is 2.63. The second-order valence-electron chi connectivity index (χ2n) is 3.22. The third-order valence-electron chi connectivity index (χ3n) is 2.10. The van der Waals surface area contributed by atoms with Crippen LogP contribution in [0, 0.1) is 0 Å². The van der Waals surface area contributed by atoms with Gasteiger partial charge in [-0.3, -0.25) is 0 Å². The molecule has 4 heteroatoms. The van der Waals surface area contributed by atoms with Gasteiger partial charge in [0.15, 0.2) is 0 Å². The van der Waals surface area contributed by atoms with Gasteiger partial charge in [0.05, 0.1) is 13.2 Å². The third kappa shape index (κ3) is 2.26. The summed E-state index contributed by atoms with van der Waals surface area (Å²) in [4.78, 5) is 0. The summed E-state index contributed by atoms with van der Waals surface area (Å²) in [5, 5.41) is 9.45. The van der Waals surface area contributed by atoms with Crippen molar-refractivity contribution in [3.05, 3.63) is 28.7 Å².